The number of aryl methyl sites for hydroxylation is 1. The molecule has 1 atom stereocenters. The van der Waals surface area contributed by atoms with E-state index < -0.39 is 6.10 Å². The maximum Gasteiger partial charge on any atom is 0.163 e. The molecule has 0 saturated carbocycles. The van der Waals surface area contributed by atoms with E-state index >= 15 is 0 Å². The highest BCUT2D eigenvalue weighted by Crippen LogP contribution is 2.29. The largest absolute Gasteiger partial charge is 0.493 e. The van der Waals surface area contributed by atoms with Crippen LogP contribution in [-0.2, 0) is 13.1 Å². The van der Waals surface area contributed by atoms with E-state index in [0.29, 0.717) is 18.0 Å². The van der Waals surface area contributed by atoms with Crippen molar-refractivity contribution in [2.45, 2.75) is 26.1 Å². The molecular formula is C14H23N5O2. The Hall–Kier alpha value is -1.86. The van der Waals surface area contributed by atoms with E-state index in [1.807, 2.05) is 25.6 Å². The summed E-state index contributed by atoms with van der Waals surface area (Å²) in [6.45, 7) is 4.28. The number of ether oxygens (including phenoxy) is 1. The fourth-order valence-electron chi connectivity index (χ4n) is 2.25. The molecule has 2 aromatic heterocycles. The number of hydrogen-bond acceptors (Lipinski definition) is 5. The lowest BCUT2D eigenvalue weighted by atomic mass is 10.2. The van der Waals surface area contributed by atoms with Crippen LogP contribution >= 0.6 is 0 Å². The van der Waals surface area contributed by atoms with Gasteiger partial charge in [-0.05, 0) is 21.0 Å². The molecule has 0 aliphatic heterocycles. The Kier molecular flexibility index (Phi) is 4.98. The van der Waals surface area contributed by atoms with Crippen LogP contribution in [0.25, 0.3) is 0 Å². The third kappa shape index (κ3) is 3.25. The van der Waals surface area contributed by atoms with Gasteiger partial charge in [0.2, 0.25) is 0 Å². The second kappa shape index (κ2) is 6.73. The molecule has 21 heavy (non-hydrogen) atoms. The molecule has 0 aliphatic rings. The van der Waals surface area contributed by atoms with Crippen LogP contribution in [-0.4, -0.2) is 57.1 Å². The minimum absolute atomic E-state index is 0.588. The van der Waals surface area contributed by atoms with Crippen LogP contribution in [0.3, 0.4) is 0 Å². The fraction of sp³-hybridized carbons (Fsp3) is 0.571. The zero-order valence-electron chi connectivity index (χ0n) is 13.0. The van der Waals surface area contributed by atoms with E-state index in [-0.39, 0.29) is 0 Å². The molecule has 7 heteroatoms. The van der Waals surface area contributed by atoms with Crippen molar-refractivity contribution in [3.8, 4) is 5.75 Å². The molecular weight excluding hydrogens is 270 g/mol. The van der Waals surface area contributed by atoms with Crippen molar-refractivity contribution in [2.24, 2.45) is 0 Å². The summed E-state index contributed by atoms with van der Waals surface area (Å²) in [6.07, 6.45) is 4.22. The topological polar surface area (TPSA) is 68.3 Å². The standard InChI is InChI=1S/C14H23N5O2/c1-5-18-10-15-8-11(18)14(20)13-12(21-4)9-16-19(13)7-6-17(2)3/h8-10,14,20H,5-7H2,1-4H3. The number of methoxy groups -OCH3 is 1. The van der Waals surface area contributed by atoms with Gasteiger partial charge in [-0.3, -0.25) is 4.68 Å². The average molecular weight is 293 g/mol. The zero-order chi connectivity index (χ0) is 15.4. The Labute approximate surface area is 124 Å². The number of rotatable bonds is 7. The Balaban J connectivity index is 2.34. The Bertz CT molecular complexity index is 576. The van der Waals surface area contributed by atoms with E-state index in [0.717, 1.165) is 18.8 Å². The van der Waals surface area contributed by atoms with Crippen molar-refractivity contribution in [2.75, 3.05) is 27.7 Å². The predicted octanol–water partition coefficient (Wildman–Crippen LogP) is 0.751. The lowest BCUT2D eigenvalue weighted by molar-refractivity contribution is 0.191. The first kappa shape index (κ1) is 15.5. The molecule has 0 amide bonds. The van der Waals surface area contributed by atoms with Gasteiger partial charge >= 0.3 is 0 Å². The quantitative estimate of drug-likeness (QED) is 0.816. The van der Waals surface area contributed by atoms with Crippen molar-refractivity contribution in [3.05, 3.63) is 30.1 Å². The maximum atomic E-state index is 10.7. The number of nitrogens with zero attached hydrogens (tertiary/aromatic N) is 5. The second-order valence-corrected chi connectivity index (χ2v) is 5.13. The van der Waals surface area contributed by atoms with E-state index in [9.17, 15) is 5.11 Å². The molecule has 0 aromatic carbocycles. The minimum atomic E-state index is -0.813. The molecule has 1 unspecified atom stereocenters. The van der Waals surface area contributed by atoms with Crippen LogP contribution in [0.5, 0.6) is 5.75 Å². The number of aromatic nitrogens is 4. The third-order valence-corrected chi connectivity index (χ3v) is 3.45. The van der Waals surface area contributed by atoms with Gasteiger partial charge in [-0.15, -0.1) is 0 Å². The van der Waals surface area contributed by atoms with Crippen LogP contribution in [0.1, 0.15) is 24.4 Å². The zero-order valence-corrected chi connectivity index (χ0v) is 13.0. The number of aliphatic hydroxyl groups is 1. The Morgan fingerprint density at radius 2 is 2.14 bits per heavy atom. The molecule has 7 nitrogen and oxygen atoms in total. The monoisotopic (exact) mass is 293 g/mol. The van der Waals surface area contributed by atoms with Gasteiger partial charge in [0.25, 0.3) is 0 Å². The highest BCUT2D eigenvalue weighted by molar-refractivity contribution is 5.32. The minimum Gasteiger partial charge on any atom is -0.493 e. The van der Waals surface area contributed by atoms with Gasteiger partial charge in [-0.1, -0.05) is 0 Å². The molecule has 2 rings (SSSR count). The molecule has 0 bridgehead atoms. The second-order valence-electron chi connectivity index (χ2n) is 5.13. The number of likely N-dealkylation sites (N-methyl/N-ethyl adjacent to an activating group) is 1. The number of aliphatic hydroxyl groups excluding tert-OH is 1. The fourth-order valence-corrected chi connectivity index (χ4v) is 2.25. The summed E-state index contributed by atoms with van der Waals surface area (Å²) in [5, 5.41) is 15.0. The smallest absolute Gasteiger partial charge is 0.163 e. The molecule has 2 heterocycles. The summed E-state index contributed by atoms with van der Waals surface area (Å²) in [4.78, 5) is 6.18. The highest BCUT2D eigenvalue weighted by atomic mass is 16.5. The van der Waals surface area contributed by atoms with Crippen molar-refractivity contribution in [1.29, 1.82) is 0 Å². The molecule has 0 radical (unpaired) electrons. The summed E-state index contributed by atoms with van der Waals surface area (Å²) in [6, 6.07) is 0. The summed E-state index contributed by atoms with van der Waals surface area (Å²) in [5.74, 6) is 0.588. The summed E-state index contributed by atoms with van der Waals surface area (Å²) in [7, 11) is 5.59. The molecule has 0 spiro atoms. The number of hydrogen-bond donors (Lipinski definition) is 1. The van der Waals surface area contributed by atoms with Crippen molar-refractivity contribution < 1.29 is 9.84 Å². The molecule has 116 valence electrons. The van der Waals surface area contributed by atoms with E-state index in [1.165, 1.54) is 0 Å². The van der Waals surface area contributed by atoms with Gasteiger partial charge in [-0.2, -0.15) is 5.10 Å². The van der Waals surface area contributed by atoms with Gasteiger partial charge < -0.3 is 19.3 Å². The van der Waals surface area contributed by atoms with Crippen molar-refractivity contribution >= 4 is 0 Å². The first-order chi connectivity index (χ1) is 10.1. The third-order valence-electron chi connectivity index (χ3n) is 3.45. The molecule has 1 N–H and O–H groups in total. The lowest BCUT2D eigenvalue weighted by Crippen LogP contribution is -2.22. The van der Waals surface area contributed by atoms with Crippen LogP contribution in [0.4, 0.5) is 0 Å². The first-order valence-corrected chi connectivity index (χ1v) is 7.01. The lowest BCUT2D eigenvalue weighted by Gasteiger charge is -2.17. The Morgan fingerprint density at radius 1 is 1.38 bits per heavy atom. The molecule has 0 fully saturated rings. The Morgan fingerprint density at radius 3 is 2.76 bits per heavy atom. The van der Waals surface area contributed by atoms with Crippen LogP contribution < -0.4 is 4.74 Å². The van der Waals surface area contributed by atoms with E-state index in [1.54, 1.807) is 30.5 Å². The molecule has 2 aromatic rings. The van der Waals surface area contributed by atoms with Crippen LogP contribution in [0.2, 0.25) is 0 Å². The van der Waals surface area contributed by atoms with Crippen LogP contribution in [0, 0.1) is 0 Å². The highest BCUT2D eigenvalue weighted by Gasteiger charge is 2.24. The summed E-state index contributed by atoms with van der Waals surface area (Å²) in [5.41, 5.74) is 1.40. The normalized spacial score (nSPS) is 12.9. The predicted molar refractivity (Wildman–Crippen MR) is 79.3 cm³/mol. The average Bonchev–Trinajstić information content (AvgIpc) is 3.10. The van der Waals surface area contributed by atoms with E-state index in [4.69, 9.17) is 4.74 Å². The van der Waals surface area contributed by atoms with Gasteiger partial charge in [0.1, 0.15) is 11.8 Å². The van der Waals surface area contributed by atoms with Gasteiger partial charge in [0, 0.05) is 13.1 Å². The van der Waals surface area contributed by atoms with Crippen LogP contribution in [0.15, 0.2) is 18.7 Å². The van der Waals surface area contributed by atoms with Gasteiger partial charge in [0.15, 0.2) is 5.75 Å². The maximum absolute atomic E-state index is 10.7. The van der Waals surface area contributed by atoms with Gasteiger partial charge in [-0.25, -0.2) is 4.98 Å². The van der Waals surface area contributed by atoms with E-state index in [2.05, 4.69) is 15.0 Å². The first-order valence-electron chi connectivity index (χ1n) is 7.01. The number of imidazole rings is 1. The molecule has 0 aliphatic carbocycles. The SMILES string of the molecule is CCn1cncc1C(O)c1c(OC)cnn1CCN(C)C. The van der Waals surface area contributed by atoms with Crippen molar-refractivity contribution in [1.82, 2.24) is 24.2 Å². The summed E-state index contributed by atoms with van der Waals surface area (Å²) >= 11 is 0. The van der Waals surface area contributed by atoms with Gasteiger partial charge in [0.05, 0.1) is 38.1 Å². The van der Waals surface area contributed by atoms with Crippen molar-refractivity contribution in [3.63, 3.8) is 0 Å². The molecule has 0 saturated heterocycles. The summed E-state index contributed by atoms with van der Waals surface area (Å²) < 4.78 is 9.04.